The summed E-state index contributed by atoms with van der Waals surface area (Å²) in [6.45, 7) is 1.52. The molecule has 1 rings (SSSR count). The Morgan fingerprint density at radius 2 is 2.07 bits per heavy atom. The van der Waals surface area contributed by atoms with Crippen molar-refractivity contribution in [2.24, 2.45) is 0 Å². The van der Waals surface area contributed by atoms with E-state index in [0.29, 0.717) is 21.5 Å². The molecule has 0 saturated carbocycles. The molecule has 1 aromatic heterocycles. The normalized spacial score (nSPS) is 12.3. The lowest BCUT2D eigenvalue weighted by molar-refractivity contribution is -0.0257. The van der Waals surface area contributed by atoms with Gasteiger partial charge in [0.15, 0.2) is 4.21 Å². The van der Waals surface area contributed by atoms with E-state index in [1.165, 1.54) is 21.1 Å². The Hall–Kier alpha value is -0.700. The molecule has 0 aromatic carbocycles. The van der Waals surface area contributed by atoms with Crippen molar-refractivity contribution in [1.82, 2.24) is 9.45 Å². The molecule has 0 aliphatic heterocycles. The monoisotopic (exact) mass is 238 g/mol. The molecule has 0 atom stereocenters. The summed E-state index contributed by atoms with van der Waals surface area (Å²) in [6.07, 6.45) is 0. The van der Waals surface area contributed by atoms with Gasteiger partial charge in [0.2, 0.25) is 0 Å². The first-order valence-corrected chi connectivity index (χ1v) is 5.88. The van der Waals surface area contributed by atoms with Crippen molar-refractivity contribution < 1.29 is 13.3 Å². The van der Waals surface area contributed by atoms with Crippen LogP contribution in [0.25, 0.3) is 0 Å². The molecule has 0 radical (unpaired) electrons. The molecule has 0 bridgehead atoms. The number of rotatable bonds is 3. The summed E-state index contributed by atoms with van der Waals surface area (Å²) in [5.41, 5.74) is 0.323. The van der Waals surface area contributed by atoms with Gasteiger partial charge >= 0.3 is 4.87 Å². The van der Waals surface area contributed by atoms with Crippen molar-refractivity contribution in [3.8, 4) is 0 Å². The second-order valence-corrected chi connectivity index (χ2v) is 5.64. The summed E-state index contributed by atoms with van der Waals surface area (Å²) in [4.78, 5) is 17.5. The summed E-state index contributed by atoms with van der Waals surface area (Å²) in [5.74, 6) is 0. The molecule has 0 fully saturated rings. The van der Waals surface area contributed by atoms with E-state index in [-0.39, 0.29) is 4.21 Å². The van der Waals surface area contributed by atoms with Crippen molar-refractivity contribution in [1.29, 1.82) is 0 Å². The second kappa shape index (κ2) is 3.81. The molecular formula is C6H10N2O4S2. The molecular weight excluding hydrogens is 228 g/mol. The molecule has 80 valence electrons. The summed E-state index contributed by atoms with van der Waals surface area (Å²) in [6, 6.07) is 0. The predicted octanol–water partition coefficient (Wildman–Crippen LogP) is -0.0733. The Balaban J connectivity index is 3.30. The standard InChI is InChI=1S/C6H10N2O4S2/c1-4-5(13-6(9)7-4)14(10,11)8(2)12-3/h1-3H3,(H,7,9). The first-order valence-electron chi connectivity index (χ1n) is 3.62. The van der Waals surface area contributed by atoms with Gasteiger partial charge in [0.1, 0.15) is 0 Å². The molecule has 0 amide bonds. The molecule has 6 nitrogen and oxygen atoms in total. The number of sulfonamides is 1. The second-order valence-electron chi connectivity index (χ2n) is 2.52. The number of hydrogen-bond acceptors (Lipinski definition) is 5. The van der Waals surface area contributed by atoms with Crippen LogP contribution in [0.3, 0.4) is 0 Å². The summed E-state index contributed by atoms with van der Waals surface area (Å²) < 4.78 is 24.0. The maximum absolute atomic E-state index is 11.6. The van der Waals surface area contributed by atoms with Gasteiger partial charge in [-0.3, -0.25) is 9.63 Å². The first kappa shape index (κ1) is 11.4. The van der Waals surface area contributed by atoms with E-state index in [0.717, 1.165) is 0 Å². The Morgan fingerprint density at radius 1 is 1.50 bits per heavy atom. The van der Waals surface area contributed by atoms with Gasteiger partial charge in [-0.2, -0.15) is 0 Å². The van der Waals surface area contributed by atoms with E-state index in [4.69, 9.17) is 0 Å². The lowest BCUT2D eigenvalue weighted by Crippen LogP contribution is -2.25. The number of thiazole rings is 1. The third-order valence-corrected chi connectivity index (χ3v) is 4.87. The highest BCUT2D eigenvalue weighted by molar-refractivity contribution is 7.91. The van der Waals surface area contributed by atoms with E-state index < -0.39 is 14.9 Å². The number of hydroxylamine groups is 1. The van der Waals surface area contributed by atoms with Crippen molar-refractivity contribution in [3.63, 3.8) is 0 Å². The molecule has 0 spiro atoms. The minimum Gasteiger partial charge on any atom is -0.315 e. The van der Waals surface area contributed by atoms with Crippen molar-refractivity contribution in [2.45, 2.75) is 11.1 Å². The summed E-state index contributed by atoms with van der Waals surface area (Å²) in [5, 5.41) is 0. The van der Waals surface area contributed by atoms with Crippen LogP contribution in [0.5, 0.6) is 0 Å². The minimum absolute atomic E-state index is 0.0214. The lowest BCUT2D eigenvalue weighted by atomic mass is 10.6. The molecule has 1 aromatic rings. The van der Waals surface area contributed by atoms with Gasteiger partial charge in [-0.05, 0) is 6.92 Å². The molecule has 1 heterocycles. The number of aryl methyl sites for hydroxylation is 1. The highest BCUT2D eigenvalue weighted by Crippen LogP contribution is 2.19. The van der Waals surface area contributed by atoms with E-state index in [1.807, 2.05) is 0 Å². The van der Waals surface area contributed by atoms with Gasteiger partial charge in [-0.1, -0.05) is 15.8 Å². The van der Waals surface area contributed by atoms with Crippen LogP contribution in [0, 0.1) is 6.92 Å². The van der Waals surface area contributed by atoms with Crippen molar-refractivity contribution in [3.05, 3.63) is 15.4 Å². The van der Waals surface area contributed by atoms with E-state index in [1.54, 1.807) is 0 Å². The maximum Gasteiger partial charge on any atom is 0.305 e. The molecule has 0 aliphatic carbocycles. The Labute approximate surface area is 85.1 Å². The molecule has 8 heteroatoms. The highest BCUT2D eigenvalue weighted by atomic mass is 32.2. The SMILES string of the molecule is CON(C)S(=O)(=O)c1sc(=O)[nH]c1C. The number of nitrogens with zero attached hydrogens (tertiary/aromatic N) is 1. The van der Waals surface area contributed by atoms with E-state index >= 15 is 0 Å². The van der Waals surface area contributed by atoms with Gasteiger partial charge < -0.3 is 4.98 Å². The van der Waals surface area contributed by atoms with Crippen molar-refractivity contribution >= 4 is 21.4 Å². The van der Waals surface area contributed by atoms with Crippen LogP contribution in [0.2, 0.25) is 0 Å². The Bertz CT molecular complexity index is 472. The average molecular weight is 238 g/mol. The first-order chi connectivity index (χ1) is 6.39. The van der Waals surface area contributed by atoms with Crippen LogP contribution in [0.1, 0.15) is 5.69 Å². The zero-order chi connectivity index (χ0) is 10.9. The van der Waals surface area contributed by atoms with Crippen LogP contribution in [0.15, 0.2) is 9.00 Å². The van der Waals surface area contributed by atoms with Gasteiger partial charge in [0.25, 0.3) is 10.0 Å². The minimum atomic E-state index is -3.70. The fraction of sp³-hybridized carbons (Fsp3) is 0.500. The summed E-state index contributed by atoms with van der Waals surface area (Å²) in [7, 11) is -1.20. The molecule has 0 aliphatic rings. The van der Waals surface area contributed by atoms with Crippen LogP contribution in [-0.4, -0.2) is 32.0 Å². The van der Waals surface area contributed by atoms with Gasteiger partial charge in [0.05, 0.1) is 7.11 Å². The third kappa shape index (κ3) is 1.87. The van der Waals surface area contributed by atoms with Gasteiger partial charge in [-0.15, -0.1) is 0 Å². The van der Waals surface area contributed by atoms with E-state index in [2.05, 4.69) is 9.82 Å². The molecule has 0 saturated heterocycles. The highest BCUT2D eigenvalue weighted by Gasteiger charge is 2.25. The van der Waals surface area contributed by atoms with Crippen LogP contribution < -0.4 is 4.87 Å². The van der Waals surface area contributed by atoms with Crippen LogP contribution >= 0.6 is 11.3 Å². The quantitative estimate of drug-likeness (QED) is 0.747. The maximum atomic E-state index is 11.6. The Morgan fingerprint density at radius 3 is 2.43 bits per heavy atom. The average Bonchev–Trinajstić information content (AvgIpc) is 2.44. The van der Waals surface area contributed by atoms with Crippen LogP contribution in [-0.2, 0) is 14.9 Å². The fourth-order valence-corrected chi connectivity index (χ4v) is 3.26. The van der Waals surface area contributed by atoms with Crippen molar-refractivity contribution in [2.75, 3.05) is 14.2 Å². The largest absolute Gasteiger partial charge is 0.315 e. The number of hydrogen-bond donors (Lipinski definition) is 1. The Kier molecular flexibility index (Phi) is 3.10. The number of aromatic nitrogens is 1. The third-order valence-electron chi connectivity index (χ3n) is 1.61. The van der Waals surface area contributed by atoms with Crippen LogP contribution in [0.4, 0.5) is 0 Å². The summed E-state index contributed by atoms with van der Waals surface area (Å²) >= 11 is 0.644. The zero-order valence-electron chi connectivity index (χ0n) is 7.90. The number of H-pyrrole nitrogens is 1. The number of nitrogens with one attached hydrogen (secondary N) is 1. The predicted molar refractivity (Wildman–Crippen MR) is 51.6 cm³/mol. The van der Waals surface area contributed by atoms with Gasteiger partial charge in [-0.25, -0.2) is 8.42 Å². The fourth-order valence-electron chi connectivity index (χ4n) is 0.851. The van der Waals surface area contributed by atoms with E-state index in [9.17, 15) is 13.2 Å². The molecule has 1 N–H and O–H groups in total. The lowest BCUT2D eigenvalue weighted by Gasteiger charge is -2.12. The topological polar surface area (TPSA) is 79.5 Å². The zero-order valence-corrected chi connectivity index (χ0v) is 9.53. The van der Waals surface area contributed by atoms with Gasteiger partial charge in [0, 0.05) is 12.7 Å². The molecule has 14 heavy (non-hydrogen) atoms. The molecule has 0 unspecified atom stereocenters. The number of aromatic amines is 1. The smallest absolute Gasteiger partial charge is 0.305 e.